The van der Waals surface area contributed by atoms with Gasteiger partial charge >= 0.3 is 6.18 Å². The molecule has 0 radical (unpaired) electrons. The third-order valence-corrected chi connectivity index (χ3v) is 6.31. The lowest BCUT2D eigenvalue weighted by atomic mass is 10.0. The van der Waals surface area contributed by atoms with Crippen molar-refractivity contribution in [2.45, 2.75) is 24.6 Å². The Kier molecular flexibility index (Phi) is 5.15. The van der Waals surface area contributed by atoms with Gasteiger partial charge in [0.2, 0.25) is 11.8 Å². The van der Waals surface area contributed by atoms with Gasteiger partial charge in [0.25, 0.3) is 11.8 Å². The maximum absolute atomic E-state index is 13.7. The number of rotatable bonds is 5. The van der Waals surface area contributed by atoms with Gasteiger partial charge in [0.15, 0.2) is 0 Å². The molecule has 3 aromatic rings. The SMILES string of the molecule is CNC(=O)c1ccc(Nc2ncc(C(F)(F)F)c(Oc3cccc4c3C(=O)N(C)C43CC3)n2)cc1. The third kappa shape index (κ3) is 3.82. The first kappa shape index (κ1) is 22.6. The number of nitrogens with zero attached hydrogens (tertiary/aromatic N) is 3. The number of anilines is 2. The molecule has 0 saturated heterocycles. The number of fused-ring (bicyclic) bond motifs is 2. The fraction of sp³-hybridized carbons (Fsp3) is 0.250. The van der Waals surface area contributed by atoms with Crippen LogP contribution in [0.5, 0.6) is 11.6 Å². The van der Waals surface area contributed by atoms with E-state index in [0.717, 1.165) is 18.4 Å². The molecule has 35 heavy (non-hydrogen) atoms. The largest absolute Gasteiger partial charge is 0.437 e. The second-order valence-electron chi connectivity index (χ2n) is 8.37. The molecule has 1 saturated carbocycles. The number of nitrogens with one attached hydrogen (secondary N) is 2. The summed E-state index contributed by atoms with van der Waals surface area (Å²) in [6.07, 6.45) is -2.57. The van der Waals surface area contributed by atoms with E-state index in [4.69, 9.17) is 4.74 Å². The summed E-state index contributed by atoms with van der Waals surface area (Å²) in [5.74, 6) is -1.44. The molecule has 0 atom stereocenters. The van der Waals surface area contributed by atoms with Crippen LogP contribution in [-0.4, -0.2) is 40.8 Å². The highest BCUT2D eigenvalue weighted by atomic mass is 19.4. The molecule has 2 N–H and O–H groups in total. The number of carbonyl (C=O) groups is 2. The number of carbonyl (C=O) groups excluding carboxylic acids is 2. The molecule has 2 aliphatic rings. The van der Waals surface area contributed by atoms with E-state index in [1.165, 1.54) is 13.1 Å². The third-order valence-electron chi connectivity index (χ3n) is 6.31. The Morgan fingerprint density at radius 1 is 1.14 bits per heavy atom. The molecule has 1 spiro atoms. The lowest BCUT2D eigenvalue weighted by molar-refractivity contribution is -0.139. The first-order valence-electron chi connectivity index (χ1n) is 10.8. The van der Waals surface area contributed by atoms with Gasteiger partial charge in [-0.25, -0.2) is 4.98 Å². The van der Waals surface area contributed by atoms with Crippen molar-refractivity contribution in [2.24, 2.45) is 0 Å². The number of hydrogen-bond donors (Lipinski definition) is 2. The molecule has 8 nitrogen and oxygen atoms in total. The minimum atomic E-state index is -4.78. The highest BCUT2D eigenvalue weighted by molar-refractivity contribution is 6.03. The van der Waals surface area contributed by atoms with Crippen molar-refractivity contribution in [1.29, 1.82) is 0 Å². The van der Waals surface area contributed by atoms with Gasteiger partial charge in [-0.1, -0.05) is 12.1 Å². The second-order valence-corrected chi connectivity index (χ2v) is 8.37. The predicted octanol–water partition coefficient (Wildman–Crippen LogP) is 4.47. The van der Waals surface area contributed by atoms with Crippen molar-refractivity contribution in [3.05, 3.63) is 70.9 Å². The van der Waals surface area contributed by atoms with Crippen LogP contribution < -0.4 is 15.4 Å². The zero-order valence-corrected chi connectivity index (χ0v) is 18.7. The van der Waals surface area contributed by atoms with Crippen LogP contribution in [0, 0.1) is 0 Å². The Bertz CT molecular complexity index is 1340. The van der Waals surface area contributed by atoms with Gasteiger partial charge < -0.3 is 20.3 Å². The number of benzene rings is 2. The molecular weight excluding hydrogens is 463 g/mol. The van der Waals surface area contributed by atoms with Crippen LogP contribution in [0.3, 0.4) is 0 Å². The molecule has 2 aromatic carbocycles. The summed E-state index contributed by atoms with van der Waals surface area (Å²) in [5, 5.41) is 5.31. The maximum Gasteiger partial charge on any atom is 0.423 e. The van der Waals surface area contributed by atoms with E-state index < -0.39 is 23.2 Å². The van der Waals surface area contributed by atoms with Crippen molar-refractivity contribution in [1.82, 2.24) is 20.2 Å². The van der Waals surface area contributed by atoms with Gasteiger partial charge in [-0.2, -0.15) is 18.2 Å². The maximum atomic E-state index is 13.7. The zero-order valence-electron chi connectivity index (χ0n) is 18.7. The van der Waals surface area contributed by atoms with Gasteiger partial charge in [-0.15, -0.1) is 0 Å². The Hall–Kier alpha value is -4.15. The Morgan fingerprint density at radius 2 is 1.86 bits per heavy atom. The number of ether oxygens (including phenoxy) is 1. The summed E-state index contributed by atoms with van der Waals surface area (Å²) in [4.78, 5) is 33.9. The van der Waals surface area contributed by atoms with Gasteiger partial charge in [-0.05, 0) is 48.7 Å². The van der Waals surface area contributed by atoms with E-state index in [1.807, 2.05) is 0 Å². The minimum Gasteiger partial charge on any atom is -0.437 e. The molecule has 2 heterocycles. The molecule has 11 heteroatoms. The molecule has 5 rings (SSSR count). The average Bonchev–Trinajstić information content (AvgIpc) is 3.61. The van der Waals surface area contributed by atoms with E-state index in [1.54, 1.807) is 48.3 Å². The average molecular weight is 483 g/mol. The summed E-state index contributed by atoms with van der Waals surface area (Å²) < 4.78 is 46.8. The van der Waals surface area contributed by atoms with E-state index >= 15 is 0 Å². The summed E-state index contributed by atoms with van der Waals surface area (Å²) in [6, 6.07) is 11.1. The highest BCUT2D eigenvalue weighted by Gasteiger charge is 2.57. The van der Waals surface area contributed by atoms with Crippen LogP contribution in [0.15, 0.2) is 48.7 Å². The fourth-order valence-corrected chi connectivity index (χ4v) is 4.27. The number of aromatic nitrogens is 2. The first-order valence-corrected chi connectivity index (χ1v) is 10.8. The topological polar surface area (TPSA) is 96.4 Å². The van der Waals surface area contributed by atoms with Crippen molar-refractivity contribution in [3.8, 4) is 11.6 Å². The number of alkyl halides is 3. The number of hydrogen-bond acceptors (Lipinski definition) is 6. The molecule has 0 bridgehead atoms. The molecule has 2 amide bonds. The Morgan fingerprint density at radius 3 is 2.49 bits per heavy atom. The van der Waals surface area contributed by atoms with E-state index in [9.17, 15) is 22.8 Å². The Balaban J connectivity index is 1.49. The van der Waals surface area contributed by atoms with E-state index in [0.29, 0.717) is 17.4 Å². The normalized spacial score (nSPS) is 15.7. The highest BCUT2D eigenvalue weighted by Crippen LogP contribution is 2.57. The van der Waals surface area contributed by atoms with Crippen LogP contribution >= 0.6 is 0 Å². The lowest BCUT2D eigenvalue weighted by Crippen LogP contribution is -2.28. The summed E-state index contributed by atoms with van der Waals surface area (Å²) >= 11 is 0. The molecule has 1 aliphatic carbocycles. The monoisotopic (exact) mass is 483 g/mol. The van der Waals surface area contributed by atoms with Gasteiger partial charge in [0.1, 0.15) is 11.3 Å². The van der Waals surface area contributed by atoms with Gasteiger partial charge in [0.05, 0.1) is 11.1 Å². The molecule has 1 fully saturated rings. The number of halogens is 3. The van der Waals surface area contributed by atoms with Crippen molar-refractivity contribution >= 4 is 23.5 Å². The Labute approximate surface area is 198 Å². The predicted molar refractivity (Wildman–Crippen MR) is 120 cm³/mol. The van der Waals surface area contributed by atoms with E-state index in [2.05, 4.69) is 20.6 Å². The van der Waals surface area contributed by atoms with Crippen LogP contribution in [0.2, 0.25) is 0 Å². The van der Waals surface area contributed by atoms with Crippen LogP contribution in [-0.2, 0) is 11.7 Å². The quantitative estimate of drug-likeness (QED) is 0.556. The molecule has 0 unspecified atom stereocenters. The van der Waals surface area contributed by atoms with Crippen LogP contribution in [0.4, 0.5) is 24.8 Å². The van der Waals surface area contributed by atoms with Gasteiger partial charge in [-0.3, -0.25) is 9.59 Å². The summed E-state index contributed by atoms with van der Waals surface area (Å²) in [6.45, 7) is 0. The van der Waals surface area contributed by atoms with Gasteiger partial charge in [0, 0.05) is 31.5 Å². The summed E-state index contributed by atoms with van der Waals surface area (Å²) in [5.41, 5.74) is 0.291. The van der Waals surface area contributed by atoms with Crippen LogP contribution in [0.1, 0.15) is 44.7 Å². The lowest BCUT2D eigenvalue weighted by Gasteiger charge is -2.18. The minimum absolute atomic E-state index is 0.00760. The standard InChI is InChI=1S/C24H20F3N5O3/c1-28-19(33)13-6-8-14(9-7-13)30-22-29-12-16(24(25,26)27)20(31-22)35-17-5-3-4-15-18(17)21(34)32(2)23(15)10-11-23/h3-9,12H,10-11H2,1-2H3,(H,28,33)(H,29,30,31). The first-order chi connectivity index (χ1) is 16.6. The summed E-state index contributed by atoms with van der Waals surface area (Å²) in [7, 11) is 3.19. The second kappa shape index (κ2) is 7.97. The fourth-order valence-electron chi connectivity index (χ4n) is 4.27. The molecular formula is C24H20F3N5O3. The molecule has 1 aliphatic heterocycles. The molecule has 180 valence electrons. The van der Waals surface area contributed by atoms with Crippen molar-refractivity contribution < 1.29 is 27.5 Å². The number of amides is 2. The van der Waals surface area contributed by atoms with Crippen molar-refractivity contribution in [3.63, 3.8) is 0 Å². The smallest absolute Gasteiger partial charge is 0.423 e. The zero-order chi connectivity index (χ0) is 25.0. The van der Waals surface area contributed by atoms with Crippen molar-refractivity contribution in [2.75, 3.05) is 19.4 Å². The van der Waals surface area contributed by atoms with Crippen LogP contribution in [0.25, 0.3) is 0 Å². The van der Waals surface area contributed by atoms with E-state index in [-0.39, 0.29) is 29.1 Å². The molecule has 1 aromatic heterocycles.